The van der Waals surface area contributed by atoms with Gasteiger partial charge in [-0.2, -0.15) is 0 Å². The molecule has 0 saturated heterocycles. The van der Waals surface area contributed by atoms with Crippen molar-refractivity contribution in [3.8, 4) is 0 Å². The van der Waals surface area contributed by atoms with E-state index in [0.29, 0.717) is 38.0 Å². The molecule has 0 aliphatic rings. The van der Waals surface area contributed by atoms with Gasteiger partial charge in [-0.25, -0.2) is 0 Å². The molecule has 0 aromatic heterocycles. The van der Waals surface area contributed by atoms with Crippen LogP contribution >= 0.6 is 58.2 Å². The maximum atomic E-state index is 13.1. The van der Waals surface area contributed by atoms with Crippen molar-refractivity contribution < 1.29 is 9.59 Å². The number of amides is 2. The maximum Gasteiger partial charge on any atom is 0.242 e. The highest BCUT2D eigenvalue weighted by Gasteiger charge is 2.27. The van der Waals surface area contributed by atoms with Gasteiger partial charge in [0.1, 0.15) is 6.04 Å². The van der Waals surface area contributed by atoms with E-state index in [2.05, 4.69) is 5.32 Å². The number of hydrogen-bond donors (Lipinski definition) is 1. The van der Waals surface area contributed by atoms with Gasteiger partial charge in [-0.05, 0) is 43.2 Å². The van der Waals surface area contributed by atoms with Crippen LogP contribution in [-0.2, 0) is 21.9 Å². The van der Waals surface area contributed by atoms with Crippen LogP contribution in [0.2, 0.25) is 20.1 Å². The number of carbonyl (C=O) groups excluding carboxylic acids is 2. The minimum Gasteiger partial charge on any atom is -0.354 e. The largest absolute Gasteiger partial charge is 0.354 e. The molecule has 2 amide bonds. The number of benzene rings is 2. The minimum atomic E-state index is -0.684. The lowest BCUT2D eigenvalue weighted by Crippen LogP contribution is -2.48. The third-order valence-electron chi connectivity index (χ3n) is 4.64. The molecular weight excluding hydrogens is 498 g/mol. The molecule has 0 aliphatic carbocycles. The first-order valence-corrected chi connectivity index (χ1v) is 12.4. The van der Waals surface area contributed by atoms with Gasteiger partial charge in [0.15, 0.2) is 0 Å². The van der Waals surface area contributed by atoms with Crippen molar-refractivity contribution in [2.75, 3.05) is 12.3 Å². The molecule has 1 N–H and O–H groups in total. The summed E-state index contributed by atoms with van der Waals surface area (Å²) in [6.45, 7) is 4.33. The molecule has 0 aliphatic heterocycles. The highest BCUT2D eigenvalue weighted by molar-refractivity contribution is 7.99. The highest BCUT2D eigenvalue weighted by atomic mass is 35.5. The van der Waals surface area contributed by atoms with E-state index < -0.39 is 6.04 Å². The standard InChI is InChI=1S/C22H24Cl4N2O2S/c1-3-10-27-22(30)14(2)28(11-15-17(23)6-4-7-18(15)24)21(29)13-31-12-16-19(25)8-5-9-20(16)26/h4-9,14H,3,10-13H2,1-2H3,(H,27,30)/t14-/m0/s1. The van der Waals surface area contributed by atoms with Crippen molar-refractivity contribution in [1.29, 1.82) is 0 Å². The minimum absolute atomic E-state index is 0.130. The summed E-state index contributed by atoms with van der Waals surface area (Å²) in [5.74, 6) is 0.192. The van der Waals surface area contributed by atoms with Crippen LogP contribution < -0.4 is 5.32 Å². The smallest absolute Gasteiger partial charge is 0.242 e. The van der Waals surface area contributed by atoms with Crippen LogP contribution in [0.4, 0.5) is 0 Å². The van der Waals surface area contributed by atoms with Gasteiger partial charge in [-0.15, -0.1) is 11.8 Å². The second-order valence-corrected chi connectivity index (χ2v) is 9.50. The molecule has 31 heavy (non-hydrogen) atoms. The molecule has 1 atom stereocenters. The van der Waals surface area contributed by atoms with E-state index in [1.807, 2.05) is 6.92 Å². The molecule has 0 saturated carbocycles. The molecular formula is C22H24Cl4N2O2S. The van der Waals surface area contributed by atoms with E-state index in [4.69, 9.17) is 46.4 Å². The van der Waals surface area contributed by atoms with Crippen molar-refractivity contribution in [1.82, 2.24) is 10.2 Å². The predicted molar refractivity (Wildman–Crippen MR) is 132 cm³/mol. The van der Waals surface area contributed by atoms with Gasteiger partial charge in [0, 0.05) is 44.5 Å². The van der Waals surface area contributed by atoms with Crippen molar-refractivity contribution in [3.05, 3.63) is 67.6 Å². The first-order valence-electron chi connectivity index (χ1n) is 9.76. The van der Waals surface area contributed by atoms with Gasteiger partial charge in [0.05, 0.1) is 5.75 Å². The summed E-state index contributed by atoms with van der Waals surface area (Å²) in [5.41, 5.74) is 1.38. The van der Waals surface area contributed by atoms with Crippen LogP contribution in [0.15, 0.2) is 36.4 Å². The summed E-state index contributed by atoms with van der Waals surface area (Å²) in [6, 6.07) is 9.77. The molecule has 2 aromatic carbocycles. The van der Waals surface area contributed by atoms with Crippen molar-refractivity contribution in [2.45, 2.75) is 38.6 Å². The summed E-state index contributed by atoms with van der Waals surface area (Å²) < 4.78 is 0. The van der Waals surface area contributed by atoms with Crippen LogP contribution in [-0.4, -0.2) is 35.1 Å². The van der Waals surface area contributed by atoms with E-state index in [-0.39, 0.29) is 24.1 Å². The molecule has 0 heterocycles. The Hall–Kier alpha value is -1.11. The third kappa shape index (κ3) is 7.47. The average molecular weight is 522 g/mol. The lowest BCUT2D eigenvalue weighted by atomic mass is 10.1. The van der Waals surface area contributed by atoms with E-state index in [1.54, 1.807) is 43.3 Å². The van der Waals surface area contributed by atoms with E-state index in [0.717, 1.165) is 12.0 Å². The summed E-state index contributed by atoms with van der Waals surface area (Å²) in [4.78, 5) is 27.2. The Morgan fingerprint density at radius 2 is 1.48 bits per heavy atom. The Labute approximate surface area is 207 Å². The number of thioether (sulfide) groups is 1. The fraction of sp³-hybridized carbons (Fsp3) is 0.364. The van der Waals surface area contributed by atoms with Gasteiger partial charge in [-0.1, -0.05) is 65.5 Å². The number of nitrogens with one attached hydrogen (secondary N) is 1. The molecule has 4 nitrogen and oxygen atoms in total. The Balaban J connectivity index is 2.16. The first kappa shape index (κ1) is 26.1. The lowest BCUT2D eigenvalue weighted by molar-refractivity contribution is -0.138. The highest BCUT2D eigenvalue weighted by Crippen LogP contribution is 2.29. The van der Waals surface area contributed by atoms with Crippen LogP contribution in [0.5, 0.6) is 0 Å². The summed E-state index contributed by atoms with van der Waals surface area (Å²) in [6.07, 6.45) is 0.803. The average Bonchev–Trinajstić information content (AvgIpc) is 2.73. The first-order chi connectivity index (χ1) is 14.8. The Bertz CT molecular complexity index is 886. The lowest BCUT2D eigenvalue weighted by Gasteiger charge is -2.29. The maximum absolute atomic E-state index is 13.1. The third-order valence-corrected chi connectivity index (χ3v) is 7.00. The van der Waals surface area contributed by atoms with Gasteiger partial charge in [0.2, 0.25) is 11.8 Å². The van der Waals surface area contributed by atoms with Gasteiger partial charge in [-0.3, -0.25) is 9.59 Å². The van der Waals surface area contributed by atoms with Crippen molar-refractivity contribution >= 4 is 70.0 Å². The molecule has 2 aromatic rings. The number of halogens is 4. The van der Waals surface area contributed by atoms with Crippen molar-refractivity contribution in [3.63, 3.8) is 0 Å². The molecule has 0 spiro atoms. The van der Waals surface area contributed by atoms with Crippen LogP contribution in [0.3, 0.4) is 0 Å². The van der Waals surface area contributed by atoms with E-state index >= 15 is 0 Å². The topological polar surface area (TPSA) is 49.4 Å². The molecule has 2 rings (SSSR count). The molecule has 9 heteroatoms. The zero-order valence-electron chi connectivity index (χ0n) is 17.3. The molecule has 0 bridgehead atoms. The normalized spacial score (nSPS) is 11.8. The molecule has 0 radical (unpaired) electrons. The molecule has 0 unspecified atom stereocenters. The van der Waals surface area contributed by atoms with E-state index in [1.165, 1.54) is 16.7 Å². The summed E-state index contributed by atoms with van der Waals surface area (Å²) >= 11 is 26.4. The van der Waals surface area contributed by atoms with Crippen LogP contribution in [0.25, 0.3) is 0 Å². The second-order valence-electron chi connectivity index (χ2n) is 6.88. The number of rotatable bonds is 10. The fourth-order valence-corrected chi connectivity index (χ4v) is 4.99. The van der Waals surface area contributed by atoms with Gasteiger partial charge >= 0.3 is 0 Å². The summed E-state index contributed by atoms with van der Waals surface area (Å²) in [7, 11) is 0. The quantitative estimate of drug-likeness (QED) is 0.389. The van der Waals surface area contributed by atoms with Crippen molar-refractivity contribution in [2.24, 2.45) is 0 Å². The molecule has 0 fully saturated rings. The zero-order chi connectivity index (χ0) is 23.0. The van der Waals surface area contributed by atoms with Gasteiger partial charge < -0.3 is 10.2 Å². The second kappa shape index (κ2) is 12.8. The fourth-order valence-electron chi connectivity index (χ4n) is 2.83. The number of hydrogen-bond acceptors (Lipinski definition) is 3. The molecule has 168 valence electrons. The Morgan fingerprint density at radius 1 is 0.968 bits per heavy atom. The number of carbonyl (C=O) groups is 2. The van der Waals surface area contributed by atoms with Gasteiger partial charge in [0.25, 0.3) is 0 Å². The SMILES string of the molecule is CCCNC(=O)[C@H](C)N(Cc1c(Cl)cccc1Cl)C(=O)CSCc1c(Cl)cccc1Cl. The number of nitrogens with zero attached hydrogens (tertiary/aromatic N) is 1. The van der Waals surface area contributed by atoms with Crippen LogP contribution in [0.1, 0.15) is 31.4 Å². The zero-order valence-corrected chi connectivity index (χ0v) is 21.1. The predicted octanol–water partition coefficient (Wildman–Crippen LogP) is 6.48. The van der Waals surface area contributed by atoms with Crippen LogP contribution in [0, 0.1) is 0 Å². The Kier molecular flexibility index (Phi) is 10.8. The summed E-state index contributed by atoms with van der Waals surface area (Å²) in [5, 5.41) is 4.84. The Morgan fingerprint density at radius 3 is 2.00 bits per heavy atom. The van der Waals surface area contributed by atoms with E-state index in [9.17, 15) is 9.59 Å². The monoisotopic (exact) mass is 520 g/mol.